The molecule has 0 saturated carbocycles. The third-order valence-corrected chi connectivity index (χ3v) is 4.22. The van der Waals surface area contributed by atoms with Crippen molar-refractivity contribution in [2.75, 3.05) is 13.6 Å². The second-order valence-electron chi connectivity index (χ2n) is 6.34. The summed E-state index contributed by atoms with van der Waals surface area (Å²) in [5, 5.41) is 5.31. The molecule has 1 amide bonds. The number of benzene rings is 1. The lowest BCUT2D eigenvalue weighted by Gasteiger charge is -2.27. The molecule has 2 N–H and O–H groups in total. The van der Waals surface area contributed by atoms with Crippen LogP contribution in [0.4, 0.5) is 0 Å². The summed E-state index contributed by atoms with van der Waals surface area (Å²) in [4.78, 5) is 13.9. The van der Waals surface area contributed by atoms with Gasteiger partial charge in [-0.25, -0.2) is 13.6 Å². The number of nitrogens with zero attached hydrogens (tertiary/aromatic N) is 1. The van der Waals surface area contributed by atoms with E-state index in [0.717, 1.165) is 0 Å². The predicted octanol–water partition coefficient (Wildman–Crippen LogP) is 2.41. The highest BCUT2D eigenvalue weighted by atomic mass is 35.5. The fourth-order valence-corrected chi connectivity index (χ4v) is 2.88. The van der Waals surface area contributed by atoms with Gasteiger partial charge in [0.25, 0.3) is 5.91 Å². The summed E-state index contributed by atoms with van der Waals surface area (Å²) < 4.78 is 22.9. The number of hydrogen-bond acceptors (Lipinski definition) is 3. The Hall–Kier alpha value is -1.11. The summed E-state index contributed by atoms with van der Waals surface area (Å²) >= 11 is 6.02. The van der Waals surface area contributed by atoms with Gasteiger partial charge < -0.3 is 4.90 Å². The predicted molar refractivity (Wildman–Crippen MR) is 84.0 cm³/mol. The van der Waals surface area contributed by atoms with Crippen LogP contribution in [0.2, 0.25) is 5.02 Å². The van der Waals surface area contributed by atoms with Gasteiger partial charge in [-0.3, -0.25) is 4.79 Å². The molecule has 0 aromatic heterocycles. The summed E-state index contributed by atoms with van der Waals surface area (Å²) in [5.74, 6) is -0.283. The van der Waals surface area contributed by atoms with E-state index in [0.29, 0.717) is 12.1 Å². The van der Waals surface area contributed by atoms with Gasteiger partial charge in [-0.2, -0.15) is 0 Å². The van der Waals surface area contributed by atoms with E-state index in [1.165, 1.54) is 12.1 Å². The fraction of sp³-hybridized carbons (Fsp3) is 0.500. The summed E-state index contributed by atoms with van der Waals surface area (Å²) in [5.41, 5.74) is 0.716. The minimum absolute atomic E-state index is 0.0698. The highest BCUT2D eigenvalue weighted by molar-refractivity contribution is 7.89. The van der Waals surface area contributed by atoms with Crippen molar-refractivity contribution in [1.29, 1.82) is 0 Å². The van der Waals surface area contributed by atoms with E-state index in [4.69, 9.17) is 16.7 Å². The summed E-state index contributed by atoms with van der Waals surface area (Å²) in [7, 11) is -2.24. The fourth-order valence-electron chi connectivity index (χ4n) is 2.03. The first-order chi connectivity index (χ1) is 9.33. The SMILES string of the molecule is Cc1c(Cl)cc(S(N)(=O)=O)cc1C(=O)N(C)CC(C)(C)C. The van der Waals surface area contributed by atoms with Crippen molar-refractivity contribution in [2.24, 2.45) is 10.6 Å². The van der Waals surface area contributed by atoms with Gasteiger partial charge in [0.05, 0.1) is 4.90 Å². The molecule has 0 spiro atoms. The third-order valence-electron chi connectivity index (χ3n) is 2.93. The Morgan fingerprint density at radius 1 is 1.33 bits per heavy atom. The molecule has 7 heteroatoms. The highest BCUT2D eigenvalue weighted by Gasteiger charge is 2.23. The zero-order valence-corrected chi connectivity index (χ0v) is 14.5. The zero-order chi connectivity index (χ0) is 16.6. The van der Waals surface area contributed by atoms with Gasteiger partial charge in [0.1, 0.15) is 0 Å². The normalized spacial score (nSPS) is 12.3. The van der Waals surface area contributed by atoms with E-state index in [1.807, 2.05) is 20.8 Å². The number of hydrogen-bond donors (Lipinski definition) is 1. The van der Waals surface area contributed by atoms with E-state index in [-0.39, 0.29) is 26.8 Å². The molecule has 118 valence electrons. The van der Waals surface area contributed by atoms with E-state index < -0.39 is 10.0 Å². The van der Waals surface area contributed by atoms with Crippen molar-refractivity contribution >= 4 is 27.5 Å². The smallest absolute Gasteiger partial charge is 0.253 e. The minimum Gasteiger partial charge on any atom is -0.341 e. The average molecular weight is 333 g/mol. The van der Waals surface area contributed by atoms with Gasteiger partial charge in [-0.1, -0.05) is 32.4 Å². The Balaban J connectivity index is 3.30. The molecule has 1 aromatic carbocycles. The Bertz CT molecular complexity index is 664. The molecular formula is C14H21ClN2O3S. The number of rotatable bonds is 3. The van der Waals surface area contributed by atoms with Crippen LogP contribution in [-0.2, 0) is 10.0 Å². The van der Waals surface area contributed by atoms with Crippen molar-refractivity contribution in [1.82, 2.24) is 4.90 Å². The zero-order valence-electron chi connectivity index (χ0n) is 12.9. The molecule has 5 nitrogen and oxygen atoms in total. The van der Waals surface area contributed by atoms with Gasteiger partial charge in [0.15, 0.2) is 0 Å². The van der Waals surface area contributed by atoms with Crippen LogP contribution in [-0.4, -0.2) is 32.8 Å². The standard InChI is InChI=1S/C14H21ClN2O3S/c1-9-11(13(18)17(5)8-14(2,3)4)6-10(7-12(9)15)21(16,19)20/h6-7H,8H2,1-5H3,(H2,16,19,20). The van der Waals surface area contributed by atoms with E-state index in [2.05, 4.69) is 0 Å². The maximum Gasteiger partial charge on any atom is 0.253 e. The molecule has 0 fully saturated rings. The molecule has 0 heterocycles. The van der Waals surface area contributed by atoms with Crippen LogP contribution in [0, 0.1) is 12.3 Å². The molecule has 0 atom stereocenters. The summed E-state index contributed by atoms with van der Waals surface area (Å²) in [6.45, 7) is 8.24. The summed E-state index contributed by atoms with van der Waals surface area (Å²) in [6, 6.07) is 2.53. The Kier molecular flexibility index (Phi) is 5.08. The molecule has 0 aliphatic carbocycles. The number of carbonyl (C=O) groups excluding carboxylic acids is 1. The second-order valence-corrected chi connectivity index (χ2v) is 8.31. The molecule has 0 saturated heterocycles. The molecule has 0 bridgehead atoms. The van der Waals surface area contributed by atoms with Crippen LogP contribution in [0.3, 0.4) is 0 Å². The highest BCUT2D eigenvalue weighted by Crippen LogP contribution is 2.25. The first-order valence-electron chi connectivity index (χ1n) is 6.41. The Morgan fingerprint density at radius 3 is 2.29 bits per heavy atom. The number of halogens is 1. The average Bonchev–Trinajstić information content (AvgIpc) is 2.27. The van der Waals surface area contributed by atoms with E-state index >= 15 is 0 Å². The number of nitrogens with two attached hydrogens (primary N) is 1. The molecule has 0 aliphatic heterocycles. The number of primary sulfonamides is 1. The maximum absolute atomic E-state index is 12.5. The lowest BCUT2D eigenvalue weighted by Crippen LogP contribution is -2.35. The minimum atomic E-state index is -3.91. The third kappa shape index (κ3) is 4.69. The van der Waals surface area contributed by atoms with Crippen molar-refractivity contribution in [3.05, 3.63) is 28.3 Å². The Morgan fingerprint density at radius 2 is 1.86 bits per heavy atom. The van der Waals surface area contributed by atoms with Gasteiger partial charge in [0.2, 0.25) is 10.0 Å². The summed E-state index contributed by atoms with van der Waals surface area (Å²) in [6.07, 6.45) is 0. The second kappa shape index (κ2) is 5.94. The van der Waals surface area contributed by atoms with Crippen molar-refractivity contribution in [2.45, 2.75) is 32.6 Å². The van der Waals surface area contributed by atoms with Crippen LogP contribution in [0.5, 0.6) is 0 Å². The largest absolute Gasteiger partial charge is 0.341 e. The van der Waals surface area contributed by atoms with Crippen molar-refractivity contribution in [3.63, 3.8) is 0 Å². The molecule has 0 unspecified atom stereocenters. The van der Waals surface area contributed by atoms with Crippen molar-refractivity contribution < 1.29 is 13.2 Å². The molecule has 21 heavy (non-hydrogen) atoms. The molecule has 1 aromatic rings. The van der Waals surface area contributed by atoms with Gasteiger partial charge in [0, 0.05) is 24.2 Å². The number of amides is 1. The lowest BCUT2D eigenvalue weighted by atomic mass is 9.95. The monoisotopic (exact) mass is 332 g/mol. The lowest BCUT2D eigenvalue weighted by molar-refractivity contribution is 0.0744. The van der Waals surface area contributed by atoms with Crippen LogP contribution in [0.15, 0.2) is 17.0 Å². The quantitative estimate of drug-likeness (QED) is 0.923. The van der Waals surface area contributed by atoms with Crippen LogP contribution >= 0.6 is 11.6 Å². The van der Waals surface area contributed by atoms with Crippen LogP contribution in [0.1, 0.15) is 36.7 Å². The van der Waals surface area contributed by atoms with Crippen LogP contribution < -0.4 is 5.14 Å². The van der Waals surface area contributed by atoms with Gasteiger partial charge in [-0.15, -0.1) is 0 Å². The first kappa shape index (κ1) is 17.9. The number of carbonyl (C=O) groups is 1. The Labute approximate surface area is 131 Å². The number of sulfonamides is 1. The first-order valence-corrected chi connectivity index (χ1v) is 8.34. The molecular weight excluding hydrogens is 312 g/mol. The molecule has 0 aliphatic rings. The van der Waals surface area contributed by atoms with Crippen LogP contribution in [0.25, 0.3) is 0 Å². The topological polar surface area (TPSA) is 80.5 Å². The van der Waals surface area contributed by atoms with E-state index in [1.54, 1.807) is 18.9 Å². The maximum atomic E-state index is 12.5. The molecule has 1 rings (SSSR count). The molecule has 0 radical (unpaired) electrons. The van der Waals surface area contributed by atoms with E-state index in [9.17, 15) is 13.2 Å². The van der Waals surface area contributed by atoms with Crippen molar-refractivity contribution in [3.8, 4) is 0 Å². The van der Waals surface area contributed by atoms with Gasteiger partial charge in [-0.05, 0) is 30.0 Å². The van der Waals surface area contributed by atoms with Gasteiger partial charge >= 0.3 is 0 Å².